The van der Waals surface area contributed by atoms with Crippen molar-refractivity contribution in [3.8, 4) is 0 Å². The molecule has 0 saturated carbocycles. The lowest BCUT2D eigenvalue weighted by Crippen LogP contribution is -2.11. The molecule has 27 heavy (non-hydrogen) atoms. The molecule has 0 aromatic carbocycles. The highest BCUT2D eigenvalue weighted by Crippen LogP contribution is 2.13. The van der Waals surface area contributed by atoms with Crippen molar-refractivity contribution < 1.29 is 14.3 Å². The van der Waals surface area contributed by atoms with Gasteiger partial charge in [-0.2, -0.15) is 0 Å². The summed E-state index contributed by atoms with van der Waals surface area (Å²) < 4.78 is 5.12. The Labute approximate surface area is 169 Å². The first-order chi connectivity index (χ1) is 13.2. The summed E-state index contributed by atoms with van der Waals surface area (Å²) in [6, 6.07) is 0. The molecule has 0 atom stereocenters. The third-order valence-electron chi connectivity index (χ3n) is 5.13. The molecule has 160 valence electrons. The normalized spacial score (nSPS) is 10.9. The number of carbonyl (C=O) groups excluding carboxylic acids is 2. The molecule has 0 saturated heterocycles. The summed E-state index contributed by atoms with van der Waals surface area (Å²) in [5.41, 5.74) is 0. The number of esters is 1. The number of hydrogen-bond acceptors (Lipinski definition) is 3. The van der Waals surface area contributed by atoms with Gasteiger partial charge in [-0.1, -0.05) is 110 Å². The minimum atomic E-state index is -0.352. The molecular weight excluding hydrogens is 336 g/mol. The average Bonchev–Trinajstić information content (AvgIpc) is 2.64. The van der Waals surface area contributed by atoms with Crippen LogP contribution in [0.5, 0.6) is 0 Å². The zero-order valence-electron chi connectivity index (χ0n) is 18.4. The molecule has 0 heterocycles. The molecule has 0 aromatic heterocycles. The van der Waals surface area contributed by atoms with E-state index in [0.717, 1.165) is 19.3 Å². The zero-order valence-corrected chi connectivity index (χ0v) is 18.4. The first-order valence-electron chi connectivity index (χ1n) is 11.9. The predicted molar refractivity (Wildman–Crippen MR) is 115 cm³/mol. The Morgan fingerprint density at radius 2 is 0.963 bits per heavy atom. The minimum absolute atomic E-state index is 0.00512. The summed E-state index contributed by atoms with van der Waals surface area (Å²) >= 11 is 0. The molecule has 0 amide bonds. The number of carbonyl (C=O) groups is 2. The molecule has 0 rings (SSSR count). The van der Waals surface area contributed by atoms with Gasteiger partial charge in [-0.25, -0.2) is 0 Å². The monoisotopic (exact) mass is 382 g/mol. The average molecular weight is 383 g/mol. The van der Waals surface area contributed by atoms with Crippen molar-refractivity contribution in [2.75, 3.05) is 6.61 Å². The molecule has 3 nitrogen and oxygen atoms in total. The molecular formula is C24H46O3. The summed E-state index contributed by atoms with van der Waals surface area (Å²) in [7, 11) is 0. The third kappa shape index (κ3) is 21.3. The molecule has 3 heteroatoms. The maximum Gasteiger partial charge on any atom is 0.313 e. The van der Waals surface area contributed by atoms with Gasteiger partial charge < -0.3 is 4.74 Å². The standard InChI is InChI=1S/C24H46O3/c1-3-5-6-7-8-9-10-11-12-13-14-15-16-17-18-19-21-27-24(26)22-23(25)20-4-2/h3-22H2,1-2H3. The SMILES string of the molecule is CCCCCCCCCCCCCCCCCCOC(=O)CC(=O)CCC. The van der Waals surface area contributed by atoms with E-state index in [2.05, 4.69) is 6.92 Å². The molecule has 0 aliphatic heterocycles. The van der Waals surface area contributed by atoms with Gasteiger partial charge in [0.25, 0.3) is 0 Å². The van der Waals surface area contributed by atoms with Gasteiger partial charge in [-0.05, 0) is 12.8 Å². The van der Waals surface area contributed by atoms with Crippen LogP contribution in [0.3, 0.4) is 0 Å². The van der Waals surface area contributed by atoms with E-state index in [4.69, 9.17) is 4.74 Å². The second kappa shape index (κ2) is 21.4. The van der Waals surface area contributed by atoms with E-state index in [1.165, 1.54) is 89.9 Å². The fourth-order valence-corrected chi connectivity index (χ4v) is 3.42. The van der Waals surface area contributed by atoms with Crippen LogP contribution in [-0.4, -0.2) is 18.4 Å². The summed E-state index contributed by atoms with van der Waals surface area (Å²) in [5, 5.41) is 0. The first kappa shape index (κ1) is 26.1. The largest absolute Gasteiger partial charge is 0.465 e. The van der Waals surface area contributed by atoms with Crippen LogP contribution in [-0.2, 0) is 14.3 Å². The van der Waals surface area contributed by atoms with Crippen molar-refractivity contribution in [2.45, 2.75) is 136 Å². The maximum absolute atomic E-state index is 11.4. The molecule has 0 radical (unpaired) electrons. The Morgan fingerprint density at radius 1 is 0.556 bits per heavy atom. The third-order valence-corrected chi connectivity index (χ3v) is 5.13. The van der Waals surface area contributed by atoms with Crippen molar-refractivity contribution in [3.63, 3.8) is 0 Å². The van der Waals surface area contributed by atoms with Gasteiger partial charge >= 0.3 is 5.97 Å². The lowest BCUT2D eigenvalue weighted by atomic mass is 10.0. The number of ketones is 1. The summed E-state index contributed by atoms with van der Waals surface area (Å²) in [6.45, 7) is 4.69. The number of Topliss-reactive ketones (excluding diaryl/α,β-unsaturated/α-hetero) is 1. The van der Waals surface area contributed by atoms with Gasteiger partial charge in [0.1, 0.15) is 12.2 Å². The van der Waals surface area contributed by atoms with E-state index in [-0.39, 0.29) is 18.2 Å². The lowest BCUT2D eigenvalue weighted by molar-refractivity contribution is -0.146. The van der Waals surface area contributed by atoms with Crippen molar-refractivity contribution >= 4 is 11.8 Å². The van der Waals surface area contributed by atoms with E-state index in [1.807, 2.05) is 6.92 Å². The van der Waals surface area contributed by atoms with Crippen LogP contribution < -0.4 is 0 Å². The van der Waals surface area contributed by atoms with Gasteiger partial charge in [0.15, 0.2) is 0 Å². The van der Waals surface area contributed by atoms with Crippen LogP contribution >= 0.6 is 0 Å². The van der Waals surface area contributed by atoms with E-state index in [1.54, 1.807) is 0 Å². The highest BCUT2D eigenvalue weighted by atomic mass is 16.5. The van der Waals surface area contributed by atoms with Crippen molar-refractivity contribution in [2.24, 2.45) is 0 Å². The van der Waals surface area contributed by atoms with E-state index < -0.39 is 0 Å². The Balaban J connectivity index is 3.14. The van der Waals surface area contributed by atoms with Crippen LogP contribution in [0.25, 0.3) is 0 Å². The van der Waals surface area contributed by atoms with Crippen molar-refractivity contribution in [3.05, 3.63) is 0 Å². The molecule has 0 aliphatic rings. The quantitative estimate of drug-likeness (QED) is 0.117. The van der Waals surface area contributed by atoms with E-state index in [0.29, 0.717) is 13.0 Å². The summed E-state index contributed by atoms with van der Waals surface area (Å²) in [5.74, 6) is -0.358. The van der Waals surface area contributed by atoms with Crippen molar-refractivity contribution in [1.82, 2.24) is 0 Å². The number of unbranched alkanes of at least 4 members (excludes halogenated alkanes) is 15. The molecule has 0 spiro atoms. The highest BCUT2D eigenvalue weighted by Gasteiger charge is 2.09. The zero-order chi connectivity index (χ0) is 20.0. The van der Waals surface area contributed by atoms with Crippen LogP contribution in [0.15, 0.2) is 0 Å². The molecule has 0 aliphatic carbocycles. The minimum Gasteiger partial charge on any atom is -0.465 e. The molecule has 0 N–H and O–H groups in total. The van der Waals surface area contributed by atoms with Gasteiger partial charge in [-0.15, -0.1) is 0 Å². The van der Waals surface area contributed by atoms with Gasteiger partial charge in [0, 0.05) is 6.42 Å². The maximum atomic E-state index is 11.4. The fourth-order valence-electron chi connectivity index (χ4n) is 3.42. The van der Waals surface area contributed by atoms with Crippen LogP contribution in [0.4, 0.5) is 0 Å². The smallest absolute Gasteiger partial charge is 0.313 e. The van der Waals surface area contributed by atoms with Crippen molar-refractivity contribution in [1.29, 1.82) is 0 Å². The van der Waals surface area contributed by atoms with Gasteiger partial charge in [0.05, 0.1) is 6.61 Å². The van der Waals surface area contributed by atoms with Crippen LogP contribution in [0.2, 0.25) is 0 Å². The highest BCUT2D eigenvalue weighted by molar-refractivity contribution is 5.95. The lowest BCUT2D eigenvalue weighted by Gasteiger charge is -2.05. The van der Waals surface area contributed by atoms with E-state index in [9.17, 15) is 9.59 Å². The fraction of sp³-hybridized carbons (Fsp3) is 0.917. The van der Waals surface area contributed by atoms with Gasteiger partial charge in [0.2, 0.25) is 0 Å². The van der Waals surface area contributed by atoms with Crippen LogP contribution in [0, 0.1) is 0 Å². The second-order valence-corrected chi connectivity index (χ2v) is 7.99. The number of ether oxygens (including phenoxy) is 1. The Kier molecular flexibility index (Phi) is 20.8. The molecule has 0 aromatic rings. The molecule has 0 bridgehead atoms. The first-order valence-corrected chi connectivity index (χ1v) is 11.9. The van der Waals surface area contributed by atoms with Gasteiger partial charge in [-0.3, -0.25) is 9.59 Å². The topological polar surface area (TPSA) is 43.4 Å². The van der Waals surface area contributed by atoms with Crippen LogP contribution in [0.1, 0.15) is 136 Å². The Bertz CT molecular complexity index is 339. The number of hydrogen-bond donors (Lipinski definition) is 0. The summed E-state index contributed by atoms with van der Waals surface area (Å²) in [4.78, 5) is 22.8. The van der Waals surface area contributed by atoms with E-state index >= 15 is 0 Å². The second-order valence-electron chi connectivity index (χ2n) is 7.99. The Hall–Kier alpha value is -0.860. The Morgan fingerprint density at radius 3 is 1.37 bits per heavy atom. The predicted octanol–water partition coefficient (Wildman–Crippen LogP) is 7.55. The number of rotatable bonds is 21. The molecule has 0 unspecified atom stereocenters. The summed E-state index contributed by atoms with van der Waals surface area (Å²) in [6.07, 6.45) is 22.6. The molecule has 0 fully saturated rings.